The molecule has 232 valence electrons. The van der Waals surface area contributed by atoms with Gasteiger partial charge in [-0.05, 0) is 84.4 Å². The van der Waals surface area contributed by atoms with Crippen LogP contribution in [0.15, 0.2) is 59.2 Å². The minimum Gasteiger partial charge on any atom is -0.444 e. The van der Waals surface area contributed by atoms with E-state index in [0.29, 0.717) is 59.5 Å². The van der Waals surface area contributed by atoms with Crippen molar-refractivity contribution in [2.75, 3.05) is 25.0 Å². The number of anilines is 1. The van der Waals surface area contributed by atoms with Gasteiger partial charge in [-0.2, -0.15) is 10.5 Å². The van der Waals surface area contributed by atoms with Gasteiger partial charge in [0, 0.05) is 55.0 Å². The number of hydrogen-bond acceptors (Lipinski definition) is 7. The van der Waals surface area contributed by atoms with Crippen molar-refractivity contribution in [1.82, 2.24) is 15.2 Å². The first kappa shape index (κ1) is 33.2. The van der Waals surface area contributed by atoms with Crippen LogP contribution in [0.3, 0.4) is 0 Å². The van der Waals surface area contributed by atoms with E-state index in [1.807, 2.05) is 56.0 Å². The number of benzene rings is 2. The van der Waals surface area contributed by atoms with Crippen LogP contribution in [0.25, 0.3) is 17.2 Å². The maximum absolute atomic E-state index is 14.5. The molecule has 1 N–H and O–H groups in total. The molecular weight excluding hydrogens is 639 g/mol. The third-order valence-corrected chi connectivity index (χ3v) is 7.94. The van der Waals surface area contributed by atoms with Gasteiger partial charge >= 0.3 is 6.09 Å². The van der Waals surface area contributed by atoms with Crippen molar-refractivity contribution in [3.05, 3.63) is 87.3 Å². The fourth-order valence-corrected chi connectivity index (χ4v) is 5.64. The Morgan fingerprint density at radius 1 is 1.16 bits per heavy atom. The van der Waals surface area contributed by atoms with Gasteiger partial charge < -0.3 is 19.9 Å². The van der Waals surface area contributed by atoms with Crippen molar-refractivity contribution < 1.29 is 18.7 Å². The second-order valence-electron chi connectivity index (χ2n) is 11.6. The summed E-state index contributed by atoms with van der Waals surface area (Å²) in [5.74, 6) is -0.383. The van der Waals surface area contributed by atoms with Crippen LogP contribution in [0.5, 0.6) is 0 Å². The third-order valence-electron chi connectivity index (χ3n) is 7.34. The molecule has 1 aliphatic rings. The molecule has 0 saturated carbocycles. The Balaban J connectivity index is 1.56. The molecule has 1 aliphatic heterocycles. The van der Waals surface area contributed by atoms with E-state index in [9.17, 15) is 19.2 Å². The smallest absolute Gasteiger partial charge is 0.410 e. The quantitative estimate of drug-likeness (QED) is 0.282. The van der Waals surface area contributed by atoms with Gasteiger partial charge in [0.25, 0.3) is 0 Å². The fraction of sp³-hybridized carbons (Fsp3) is 0.324. The summed E-state index contributed by atoms with van der Waals surface area (Å²) in [4.78, 5) is 33.3. The number of nitrogens with one attached hydrogen (secondary N) is 1. The molecule has 3 aromatic rings. The molecule has 4 rings (SSSR count). The number of piperidine rings is 1. The van der Waals surface area contributed by atoms with Crippen molar-refractivity contribution in [3.63, 3.8) is 0 Å². The standard InChI is InChI=1S/C34H34BrFN6O3/c1-34(2,3)45-33(44)42(21-23-7-5-22(6-8-23)9-12-30(43)39-4)26-13-15-41(16-14-26)32-27(19-38)31(28(35)20-40-32)24-10-11-25(18-37)29(36)17-24/h5-12,17,20,26H,13-16,21H2,1-4H3,(H,39,43)/b12-9+. The van der Waals surface area contributed by atoms with Crippen LogP contribution in [0.4, 0.5) is 15.0 Å². The second kappa shape index (κ2) is 14.4. The number of nitriles is 2. The Morgan fingerprint density at radius 2 is 1.84 bits per heavy atom. The number of carbonyl (C=O) groups excluding carboxylic acids is 2. The molecule has 0 aliphatic carbocycles. The van der Waals surface area contributed by atoms with Crippen LogP contribution < -0.4 is 10.2 Å². The van der Waals surface area contributed by atoms with Gasteiger partial charge in [-0.3, -0.25) is 4.79 Å². The predicted octanol–water partition coefficient (Wildman–Crippen LogP) is 6.56. The lowest BCUT2D eigenvalue weighted by molar-refractivity contribution is -0.116. The zero-order chi connectivity index (χ0) is 32.7. The highest BCUT2D eigenvalue weighted by Gasteiger charge is 2.33. The highest BCUT2D eigenvalue weighted by Crippen LogP contribution is 2.37. The SMILES string of the molecule is CNC(=O)/C=C/c1ccc(CN(C(=O)OC(C)(C)C)C2CCN(c3ncc(Br)c(-c4ccc(C#N)c(F)c4)c3C#N)CC2)cc1. The van der Waals surface area contributed by atoms with Gasteiger partial charge in [0.1, 0.15) is 34.9 Å². The summed E-state index contributed by atoms with van der Waals surface area (Å²) in [6.07, 6.45) is 5.58. The summed E-state index contributed by atoms with van der Waals surface area (Å²) in [6.45, 7) is 6.89. The van der Waals surface area contributed by atoms with E-state index in [-0.39, 0.29) is 17.5 Å². The van der Waals surface area contributed by atoms with E-state index >= 15 is 0 Å². The average molecular weight is 674 g/mol. The molecule has 0 radical (unpaired) electrons. The Morgan fingerprint density at radius 3 is 2.42 bits per heavy atom. The molecule has 2 aromatic carbocycles. The van der Waals surface area contributed by atoms with Crippen LogP contribution in [-0.4, -0.2) is 53.7 Å². The number of pyridine rings is 1. The summed E-state index contributed by atoms with van der Waals surface area (Å²) in [6, 6.07) is 15.8. The van der Waals surface area contributed by atoms with Crippen LogP contribution in [0.2, 0.25) is 0 Å². The molecule has 1 fully saturated rings. The lowest BCUT2D eigenvalue weighted by Crippen LogP contribution is -2.48. The van der Waals surface area contributed by atoms with Gasteiger partial charge in [0.2, 0.25) is 5.91 Å². The number of hydrogen-bond donors (Lipinski definition) is 1. The zero-order valence-electron chi connectivity index (χ0n) is 25.6. The lowest BCUT2D eigenvalue weighted by Gasteiger charge is -2.39. The van der Waals surface area contributed by atoms with Crippen LogP contribution in [0.1, 0.15) is 55.9 Å². The summed E-state index contributed by atoms with van der Waals surface area (Å²) in [5.41, 5.74) is 2.28. The summed E-state index contributed by atoms with van der Waals surface area (Å²) in [7, 11) is 1.57. The molecule has 0 spiro atoms. The number of carbonyl (C=O) groups is 2. The predicted molar refractivity (Wildman–Crippen MR) is 173 cm³/mol. The fourth-order valence-electron chi connectivity index (χ4n) is 5.11. The molecule has 1 saturated heterocycles. The Labute approximate surface area is 271 Å². The molecule has 0 unspecified atom stereocenters. The molecule has 2 heterocycles. The van der Waals surface area contributed by atoms with Gasteiger partial charge in [0.05, 0.1) is 5.56 Å². The van der Waals surface area contributed by atoms with Crippen molar-refractivity contribution >= 4 is 39.8 Å². The first-order valence-corrected chi connectivity index (χ1v) is 15.2. The van der Waals surface area contributed by atoms with Crippen LogP contribution in [0, 0.1) is 28.5 Å². The maximum atomic E-state index is 14.5. The van der Waals surface area contributed by atoms with Gasteiger partial charge in [0.15, 0.2) is 0 Å². The molecular formula is C34H34BrFN6O3. The van der Waals surface area contributed by atoms with E-state index in [4.69, 9.17) is 10.00 Å². The van der Waals surface area contributed by atoms with Crippen molar-refractivity contribution in [1.29, 1.82) is 10.5 Å². The van der Waals surface area contributed by atoms with E-state index in [0.717, 1.165) is 11.1 Å². The molecule has 9 nitrogen and oxygen atoms in total. The monoisotopic (exact) mass is 672 g/mol. The zero-order valence-corrected chi connectivity index (χ0v) is 27.2. The number of aromatic nitrogens is 1. The molecule has 0 atom stereocenters. The number of nitrogens with zero attached hydrogens (tertiary/aromatic N) is 5. The van der Waals surface area contributed by atoms with Crippen molar-refractivity contribution in [3.8, 4) is 23.3 Å². The molecule has 0 bridgehead atoms. The first-order chi connectivity index (χ1) is 21.4. The summed E-state index contributed by atoms with van der Waals surface area (Å²) < 4.78 is 20.8. The lowest BCUT2D eigenvalue weighted by atomic mass is 9.98. The number of ether oxygens (including phenoxy) is 1. The van der Waals surface area contributed by atoms with E-state index in [1.54, 1.807) is 30.3 Å². The maximum Gasteiger partial charge on any atom is 0.410 e. The number of likely N-dealkylation sites (N-methyl/N-ethyl adjacent to an activating group) is 1. The summed E-state index contributed by atoms with van der Waals surface area (Å²) >= 11 is 3.47. The van der Waals surface area contributed by atoms with Gasteiger partial charge in [-0.15, -0.1) is 0 Å². The number of amides is 2. The second-order valence-corrected chi connectivity index (χ2v) is 12.5. The molecule has 11 heteroatoms. The Kier molecular flexibility index (Phi) is 10.6. The highest BCUT2D eigenvalue weighted by atomic mass is 79.9. The number of halogens is 2. The van der Waals surface area contributed by atoms with Crippen LogP contribution in [-0.2, 0) is 16.1 Å². The molecule has 1 aromatic heterocycles. The van der Waals surface area contributed by atoms with E-state index < -0.39 is 17.5 Å². The molecule has 45 heavy (non-hydrogen) atoms. The van der Waals surface area contributed by atoms with Gasteiger partial charge in [-0.1, -0.05) is 30.3 Å². The van der Waals surface area contributed by atoms with Crippen molar-refractivity contribution in [2.45, 2.75) is 51.8 Å². The molecule has 2 amide bonds. The minimum absolute atomic E-state index is 0.0759. The Hall–Kier alpha value is -4.74. The average Bonchev–Trinajstić information content (AvgIpc) is 3.02. The van der Waals surface area contributed by atoms with E-state index in [1.165, 1.54) is 18.2 Å². The normalized spacial score (nSPS) is 13.6. The Bertz CT molecular complexity index is 1680. The third kappa shape index (κ3) is 8.25. The first-order valence-electron chi connectivity index (χ1n) is 14.5. The van der Waals surface area contributed by atoms with E-state index in [2.05, 4.69) is 32.3 Å². The van der Waals surface area contributed by atoms with Gasteiger partial charge in [-0.25, -0.2) is 14.2 Å². The number of rotatable bonds is 7. The topological polar surface area (TPSA) is 122 Å². The van der Waals surface area contributed by atoms with Crippen molar-refractivity contribution in [2.24, 2.45) is 0 Å². The highest BCUT2D eigenvalue weighted by molar-refractivity contribution is 9.10. The summed E-state index contributed by atoms with van der Waals surface area (Å²) in [5, 5.41) is 21.9. The van der Waals surface area contributed by atoms with Crippen LogP contribution >= 0.6 is 15.9 Å². The largest absolute Gasteiger partial charge is 0.444 e. The minimum atomic E-state index is -0.672.